The summed E-state index contributed by atoms with van der Waals surface area (Å²) in [7, 11) is 1.64. The van der Waals surface area contributed by atoms with E-state index in [-0.39, 0.29) is 12.2 Å². The van der Waals surface area contributed by atoms with Gasteiger partial charge in [-0.15, -0.1) is 0 Å². The van der Waals surface area contributed by atoms with Gasteiger partial charge in [0.05, 0.1) is 24.4 Å². The zero-order valence-electron chi connectivity index (χ0n) is 15.3. The molecule has 0 aliphatic carbocycles. The molecular formula is C19H30O5. The Hall–Kier alpha value is -1.59. The summed E-state index contributed by atoms with van der Waals surface area (Å²) in [4.78, 5) is 21.6. The van der Waals surface area contributed by atoms with Crippen LogP contribution in [-0.4, -0.2) is 31.9 Å². The molecule has 0 amide bonds. The maximum atomic E-state index is 11.9. The van der Waals surface area contributed by atoms with Crippen molar-refractivity contribution in [2.75, 3.05) is 20.3 Å². The van der Waals surface area contributed by atoms with Crippen LogP contribution in [0, 0.1) is 0 Å². The van der Waals surface area contributed by atoms with Crippen molar-refractivity contribution in [2.45, 2.75) is 58.5 Å². The molecule has 0 N–H and O–H groups in total. The van der Waals surface area contributed by atoms with Gasteiger partial charge in [0.2, 0.25) is 0 Å². The Balaban J connectivity index is 2.28. The lowest BCUT2D eigenvalue weighted by atomic mass is 10.1. The van der Waals surface area contributed by atoms with Gasteiger partial charge in [0.1, 0.15) is 5.75 Å². The maximum absolute atomic E-state index is 11.9. The first kappa shape index (κ1) is 20.5. The molecule has 0 fully saturated rings. The molecule has 0 saturated heterocycles. The summed E-state index contributed by atoms with van der Waals surface area (Å²) < 4.78 is 10.9. The Morgan fingerprint density at radius 3 is 2.38 bits per heavy atom. The highest BCUT2D eigenvalue weighted by molar-refractivity contribution is 5.89. The summed E-state index contributed by atoms with van der Waals surface area (Å²) >= 11 is 0. The lowest BCUT2D eigenvalue weighted by molar-refractivity contribution is -0.247. The Bertz CT molecular complexity index is 467. The highest BCUT2D eigenvalue weighted by Gasteiger charge is 2.17. The molecule has 1 aromatic carbocycles. The number of ether oxygens (including phenoxy) is 2. The molecule has 0 heterocycles. The third kappa shape index (κ3) is 8.31. The van der Waals surface area contributed by atoms with Crippen LogP contribution >= 0.6 is 0 Å². The molecular weight excluding hydrogens is 308 g/mol. The number of carbonyl (C=O) groups excluding carboxylic acids is 1. The number of methoxy groups -OCH3 is 1. The standard InChI is InChI=1S/C19H30O5/c1-5-6-7-8-14-22-17-11-9-16(10-12-17)18(20)24-23-15-13-19(2,3)21-4/h9-12H,5-8,13-15H2,1-4H3. The predicted octanol–water partition coefficient (Wildman–Crippen LogP) is 4.55. The van der Waals surface area contributed by atoms with E-state index in [9.17, 15) is 4.79 Å². The second-order valence-corrected chi connectivity index (χ2v) is 6.34. The fourth-order valence-corrected chi connectivity index (χ4v) is 1.94. The van der Waals surface area contributed by atoms with Gasteiger partial charge in [0.25, 0.3) is 0 Å². The molecule has 0 aliphatic heterocycles. The van der Waals surface area contributed by atoms with Gasteiger partial charge in [0, 0.05) is 13.5 Å². The highest BCUT2D eigenvalue weighted by Crippen LogP contribution is 2.15. The van der Waals surface area contributed by atoms with E-state index in [2.05, 4.69) is 6.92 Å². The largest absolute Gasteiger partial charge is 0.494 e. The molecule has 136 valence electrons. The molecule has 0 atom stereocenters. The number of hydrogen-bond acceptors (Lipinski definition) is 5. The topological polar surface area (TPSA) is 54.0 Å². The fraction of sp³-hybridized carbons (Fsp3) is 0.632. The Morgan fingerprint density at radius 2 is 1.75 bits per heavy atom. The average Bonchev–Trinajstić information content (AvgIpc) is 2.59. The number of unbranched alkanes of at least 4 members (excludes halogenated alkanes) is 3. The van der Waals surface area contributed by atoms with E-state index in [1.807, 2.05) is 13.8 Å². The van der Waals surface area contributed by atoms with Gasteiger partial charge < -0.3 is 9.47 Å². The SMILES string of the molecule is CCCCCCOc1ccc(C(=O)OOCCC(C)(C)OC)cc1. The van der Waals surface area contributed by atoms with E-state index >= 15 is 0 Å². The van der Waals surface area contributed by atoms with Gasteiger partial charge in [-0.05, 0) is 44.5 Å². The monoisotopic (exact) mass is 338 g/mol. The van der Waals surface area contributed by atoms with E-state index < -0.39 is 5.97 Å². The van der Waals surface area contributed by atoms with Crippen LogP contribution in [0.15, 0.2) is 24.3 Å². The molecule has 0 bridgehead atoms. The van der Waals surface area contributed by atoms with E-state index in [0.717, 1.165) is 12.2 Å². The van der Waals surface area contributed by atoms with Gasteiger partial charge in [-0.1, -0.05) is 26.2 Å². The van der Waals surface area contributed by atoms with Crippen molar-refractivity contribution in [3.8, 4) is 5.75 Å². The Kier molecular flexibility index (Phi) is 9.42. The second kappa shape index (κ2) is 11.0. The highest BCUT2D eigenvalue weighted by atomic mass is 17.2. The van der Waals surface area contributed by atoms with Gasteiger partial charge in [-0.3, -0.25) is 4.89 Å². The summed E-state index contributed by atoms with van der Waals surface area (Å²) in [6.07, 6.45) is 5.29. The van der Waals surface area contributed by atoms with Gasteiger partial charge in [-0.25, -0.2) is 4.79 Å². The molecule has 0 saturated carbocycles. The summed E-state index contributed by atoms with van der Waals surface area (Å²) in [5.41, 5.74) is 0.127. The van der Waals surface area contributed by atoms with E-state index in [0.29, 0.717) is 18.6 Å². The Morgan fingerprint density at radius 1 is 1.04 bits per heavy atom. The molecule has 5 nitrogen and oxygen atoms in total. The van der Waals surface area contributed by atoms with Crippen LogP contribution in [-0.2, 0) is 14.5 Å². The lowest BCUT2D eigenvalue weighted by Gasteiger charge is -2.21. The summed E-state index contributed by atoms with van der Waals surface area (Å²) in [6, 6.07) is 6.88. The molecule has 0 aromatic heterocycles. The van der Waals surface area contributed by atoms with Crippen LogP contribution in [0.4, 0.5) is 0 Å². The zero-order chi connectivity index (χ0) is 17.8. The summed E-state index contributed by atoms with van der Waals surface area (Å²) in [6.45, 7) is 7.05. The normalized spacial score (nSPS) is 11.3. The predicted molar refractivity (Wildman–Crippen MR) is 93.2 cm³/mol. The minimum absolute atomic E-state index is 0.283. The first-order chi connectivity index (χ1) is 11.5. The molecule has 0 unspecified atom stereocenters. The lowest BCUT2D eigenvalue weighted by Crippen LogP contribution is -2.24. The summed E-state index contributed by atoms with van der Waals surface area (Å²) in [5.74, 6) is 0.241. The van der Waals surface area contributed by atoms with E-state index in [1.54, 1.807) is 31.4 Å². The number of hydrogen-bond donors (Lipinski definition) is 0. The quantitative estimate of drug-likeness (QED) is 0.318. The molecule has 1 aromatic rings. The molecule has 1 rings (SSSR count). The fourth-order valence-electron chi connectivity index (χ4n) is 1.94. The van der Waals surface area contributed by atoms with Crippen molar-refractivity contribution in [3.05, 3.63) is 29.8 Å². The summed E-state index contributed by atoms with van der Waals surface area (Å²) in [5, 5.41) is 0. The first-order valence-electron chi connectivity index (χ1n) is 8.60. The molecule has 0 radical (unpaired) electrons. The van der Waals surface area contributed by atoms with Crippen molar-refractivity contribution in [2.24, 2.45) is 0 Å². The van der Waals surface area contributed by atoms with Crippen molar-refractivity contribution in [3.63, 3.8) is 0 Å². The van der Waals surface area contributed by atoms with Crippen LogP contribution in [0.1, 0.15) is 63.2 Å². The number of benzene rings is 1. The first-order valence-corrected chi connectivity index (χ1v) is 8.60. The van der Waals surface area contributed by atoms with Crippen molar-refractivity contribution in [1.82, 2.24) is 0 Å². The second-order valence-electron chi connectivity index (χ2n) is 6.34. The van der Waals surface area contributed by atoms with Gasteiger partial charge >= 0.3 is 5.97 Å². The third-order valence-corrected chi connectivity index (χ3v) is 3.83. The minimum Gasteiger partial charge on any atom is -0.494 e. The van der Waals surface area contributed by atoms with Crippen molar-refractivity contribution >= 4 is 5.97 Å². The number of rotatable bonds is 12. The number of carbonyl (C=O) groups is 1. The van der Waals surface area contributed by atoms with Crippen molar-refractivity contribution < 1.29 is 24.0 Å². The third-order valence-electron chi connectivity index (χ3n) is 3.83. The van der Waals surface area contributed by atoms with E-state index in [4.69, 9.17) is 19.2 Å². The van der Waals surface area contributed by atoms with Crippen LogP contribution in [0.25, 0.3) is 0 Å². The van der Waals surface area contributed by atoms with Crippen LogP contribution < -0.4 is 4.74 Å². The Labute approximate surface area is 145 Å². The average molecular weight is 338 g/mol. The van der Waals surface area contributed by atoms with E-state index in [1.165, 1.54) is 19.3 Å². The van der Waals surface area contributed by atoms with Crippen LogP contribution in [0.3, 0.4) is 0 Å². The maximum Gasteiger partial charge on any atom is 0.373 e. The minimum atomic E-state index is -0.514. The van der Waals surface area contributed by atoms with Crippen LogP contribution in [0.5, 0.6) is 5.75 Å². The van der Waals surface area contributed by atoms with Gasteiger partial charge in [-0.2, -0.15) is 4.89 Å². The molecule has 24 heavy (non-hydrogen) atoms. The smallest absolute Gasteiger partial charge is 0.373 e. The molecule has 0 spiro atoms. The van der Waals surface area contributed by atoms with Crippen molar-refractivity contribution in [1.29, 1.82) is 0 Å². The van der Waals surface area contributed by atoms with Crippen LogP contribution in [0.2, 0.25) is 0 Å². The van der Waals surface area contributed by atoms with Gasteiger partial charge in [0.15, 0.2) is 0 Å². The molecule has 5 heteroatoms. The zero-order valence-corrected chi connectivity index (χ0v) is 15.3. The molecule has 0 aliphatic rings.